The normalized spacial score (nSPS) is 19.5. The van der Waals surface area contributed by atoms with Crippen molar-refractivity contribution in [3.63, 3.8) is 0 Å². The van der Waals surface area contributed by atoms with Gasteiger partial charge in [0.25, 0.3) is 5.91 Å². The number of benzene rings is 1. The lowest BCUT2D eigenvalue weighted by Crippen LogP contribution is -2.59. The van der Waals surface area contributed by atoms with Gasteiger partial charge in [0.15, 0.2) is 6.10 Å². The van der Waals surface area contributed by atoms with Crippen LogP contribution in [0.25, 0.3) is 0 Å². The number of phenols is 1. The first kappa shape index (κ1) is 48.3. The van der Waals surface area contributed by atoms with Crippen molar-refractivity contribution in [2.24, 2.45) is 23.7 Å². The highest BCUT2D eigenvalue weighted by Gasteiger charge is 2.41. The van der Waals surface area contributed by atoms with Crippen molar-refractivity contribution in [2.75, 3.05) is 42.4 Å². The minimum Gasteiger partial charge on any atom is -0.508 e. The second-order valence-electron chi connectivity index (χ2n) is 16.4. The van der Waals surface area contributed by atoms with E-state index in [1.165, 1.54) is 43.1 Å². The molecular weight excluding hydrogens is 757 g/mol. The molecule has 8 atom stereocenters. The standard InChI is InChI=1S/C45H66N4O10/c1-12-28(4)40(59-45(56)37(47(6)7)26-32-17-22-35(57-10)23-29(32)5)41(52)46-39(27(2)3)43(54)48(8)36(24-30-13-18-33(50)19-14-30)42(53)49(9)38(44(55)58-11)25-31-15-20-34(51)21-16-31/h13,15-22,27-30,36-40,50-51H,12,14,23-26H2,1-11H3,(H,46,52)/t28-,29?,30?,36+,37?,38+,39+,40-/m0/s1. The van der Waals surface area contributed by atoms with Gasteiger partial charge in [0.1, 0.15) is 35.7 Å². The first-order valence-electron chi connectivity index (χ1n) is 20.4. The fraction of sp³-hybridized carbons (Fsp3) is 0.578. The first-order chi connectivity index (χ1) is 27.8. The molecule has 326 valence electrons. The number of nitrogens with one attached hydrogen (secondary N) is 1. The van der Waals surface area contributed by atoms with E-state index >= 15 is 0 Å². The fourth-order valence-electron chi connectivity index (χ4n) is 7.25. The van der Waals surface area contributed by atoms with E-state index in [0.29, 0.717) is 31.2 Å². The van der Waals surface area contributed by atoms with E-state index in [-0.39, 0.29) is 36.2 Å². The van der Waals surface area contributed by atoms with Crippen LogP contribution in [0.1, 0.15) is 72.3 Å². The van der Waals surface area contributed by atoms with Gasteiger partial charge in [-0.25, -0.2) is 4.79 Å². The van der Waals surface area contributed by atoms with Gasteiger partial charge in [0.2, 0.25) is 11.8 Å². The summed E-state index contributed by atoms with van der Waals surface area (Å²) in [6.45, 7) is 9.33. The van der Waals surface area contributed by atoms with Crippen LogP contribution in [0.15, 0.2) is 71.7 Å². The Morgan fingerprint density at radius 2 is 1.51 bits per heavy atom. The number of aliphatic hydroxyl groups excluding tert-OH is 1. The minimum atomic E-state index is -1.21. The van der Waals surface area contributed by atoms with Gasteiger partial charge in [-0.2, -0.15) is 0 Å². The number of phenolic OH excluding ortho intramolecular Hbond substituents is 1. The smallest absolute Gasteiger partial charge is 0.328 e. The second-order valence-corrected chi connectivity index (χ2v) is 16.4. The van der Waals surface area contributed by atoms with Gasteiger partial charge in [-0.3, -0.25) is 24.1 Å². The quantitative estimate of drug-likeness (QED) is 0.150. The summed E-state index contributed by atoms with van der Waals surface area (Å²) < 4.78 is 16.5. The highest BCUT2D eigenvalue weighted by molar-refractivity contribution is 5.94. The third-order valence-electron chi connectivity index (χ3n) is 11.6. The lowest BCUT2D eigenvalue weighted by molar-refractivity contribution is -0.164. The topological polar surface area (TPSA) is 175 Å². The average molecular weight is 823 g/mol. The Labute approximate surface area is 349 Å². The molecule has 14 nitrogen and oxygen atoms in total. The van der Waals surface area contributed by atoms with Crippen LogP contribution in [-0.2, 0) is 44.6 Å². The molecule has 0 heterocycles. The van der Waals surface area contributed by atoms with Crippen molar-refractivity contribution < 1.29 is 48.4 Å². The summed E-state index contributed by atoms with van der Waals surface area (Å²) in [4.78, 5) is 74.7. The van der Waals surface area contributed by atoms with Crippen LogP contribution in [-0.4, -0.2) is 127 Å². The molecule has 3 rings (SSSR count). The Kier molecular flexibility index (Phi) is 18.3. The highest BCUT2D eigenvalue weighted by atomic mass is 16.6. The number of likely N-dealkylation sites (N-methyl/N-ethyl adjacent to an activating group) is 3. The number of methoxy groups -OCH3 is 2. The van der Waals surface area contributed by atoms with Crippen molar-refractivity contribution in [2.45, 2.75) is 103 Å². The number of amides is 3. The van der Waals surface area contributed by atoms with E-state index in [2.05, 4.69) is 12.2 Å². The van der Waals surface area contributed by atoms with Crippen molar-refractivity contribution in [3.8, 4) is 5.75 Å². The molecule has 2 aliphatic rings. The molecule has 59 heavy (non-hydrogen) atoms. The zero-order chi connectivity index (χ0) is 44.1. The summed E-state index contributed by atoms with van der Waals surface area (Å²) in [5.74, 6) is -2.85. The predicted molar refractivity (Wildman–Crippen MR) is 225 cm³/mol. The summed E-state index contributed by atoms with van der Waals surface area (Å²) in [5.41, 5.74) is 1.73. The maximum Gasteiger partial charge on any atom is 0.328 e. The molecule has 0 aliphatic heterocycles. The van der Waals surface area contributed by atoms with Gasteiger partial charge in [-0.15, -0.1) is 0 Å². The third-order valence-corrected chi connectivity index (χ3v) is 11.6. The summed E-state index contributed by atoms with van der Waals surface area (Å²) in [6, 6.07) is 2.30. The molecule has 1 aromatic rings. The van der Waals surface area contributed by atoms with Gasteiger partial charge < -0.3 is 39.5 Å². The largest absolute Gasteiger partial charge is 0.508 e. The van der Waals surface area contributed by atoms with Gasteiger partial charge in [0, 0.05) is 32.9 Å². The number of ether oxygens (including phenoxy) is 3. The van der Waals surface area contributed by atoms with Gasteiger partial charge in [-0.05, 0) is 93.5 Å². The molecule has 2 aliphatic carbocycles. The minimum absolute atomic E-state index is 0.0496. The summed E-state index contributed by atoms with van der Waals surface area (Å²) in [5, 5.41) is 22.7. The van der Waals surface area contributed by atoms with E-state index in [0.717, 1.165) is 11.3 Å². The number of carbonyl (C=O) groups excluding carboxylic acids is 5. The molecule has 0 radical (unpaired) electrons. The van der Waals surface area contributed by atoms with E-state index in [1.54, 1.807) is 70.3 Å². The second kappa shape index (κ2) is 22.3. The van der Waals surface area contributed by atoms with Crippen LogP contribution < -0.4 is 5.32 Å². The van der Waals surface area contributed by atoms with E-state index < -0.39 is 71.8 Å². The number of rotatable bonds is 20. The Morgan fingerprint density at radius 1 is 0.864 bits per heavy atom. The van der Waals surface area contributed by atoms with Gasteiger partial charge in [-0.1, -0.05) is 64.5 Å². The number of carbonyl (C=O) groups is 5. The molecule has 3 unspecified atom stereocenters. The molecule has 14 heteroatoms. The van der Waals surface area contributed by atoms with E-state index in [4.69, 9.17) is 14.2 Å². The summed E-state index contributed by atoms with van der Waals surface area (Å²) in [6.07, 6.45) is 9.87. The van der Waals surface area contributed by atoms with Crippen LogP contribution in [0.2, 0.25) is 0 Å². The summed E-state index contributed by atoms with van der Waals surface area (Å²) >= 11 is 0. The molecule has 0 aromatic heterocycles. The van der Waals surface area contributed by atoms with E-state index in [1.807, 2.05) is 26.0 Å². The Balaban J connectivity index is 1.91. The number of esters is 2. The Hall–Kier alpha value is -5.11. The van der Waals surface area contributed by atoms with Crippen LogP contribution >= 0.6 is 0 Å². The maximum absolute atomic E-state index is 14.6. The van der Waals surface area contributed by atoms with Crippen LogP contribution in [0.5, 0.6) is 5.75 Å². The number of hydrogen-bond donors (Lipinski definition) is 3. The monoisotopic (exact) mass is 822 g/mol. The number of aliphatic hydroxyl groups is 1. The molecule has 0 saturated heterocycles. The lowest BCUT2D eigenvalue weighted by Gasteiger charge is -2.37. The molecule has 1 aromatic carbocycles. The zero-order valence-corrected chi connectivity index (χ0v) is 36.6. The zero-order valence-electron chi connectivity index (χ0n) is 36.6. The number of hydrogen-bond acceptors (Lipinski definition) is 11. The first-order valence-corrected chi connectivity index (χ1v) is 20.4. The summed E-state index contributed by atoms with van der Waals surface area (Å²) in [7, 11) is 9.41. The van der Waals surface area contributed by atoms with Crippen molar-refractivity contribution in [3.05, 3.63) is 77.3 Å². The number of nitrogens with zero attached hydrogens (tertiary/aromatic N) is 3. The molecule has 3 N–H and O–H groups in total. The van der Waals surface area contributed by atoms with Gasteiger partial charge >= 0.3 is 11.9 Å². The molecular formula is C45H66N4O10. The van der Waals surface area contributed by atoms with Crippen molar-refractivity contribution in [1.82, 2.24) is 20.0 Å². The van der Waals surface area contributed by atoms with E-state index in [9.17, 15) is 34.2 Å². The van der Waals surface area contributed by atoms with Crippen LogP contribution in [0, 0.1) is 23.7 Å². The Bertz CT molecular complexity index is 1750. The van der Waals surface area contributed by atoms with Crippen LogP contribution in [0.3, 0.4) is 0 Å². The molecule has 0 saturated carbocycles. The molecule has 0 bridgehead atoms. The van der Waals surface area contributed by atoms with Crippen LogP contribution in [0.4, 0.5) is 0 Å². The van der Waals surface area contributed by atoms with Crippen molar-refractivity contribution >= 4 is 29.7 Å². The molecule has 3 amide bonds. The maximum atomic E-state index is 14.6. The fourth-order valence-corrected chi connectivity index (χ4v) is 7.25. The number of allylic oxidation sites excluding steroid dienone is 6. The third kappa shape index (κ3) is 13.2. The SMILES string of the molecule is CC[C@H](C)[C@H](OC(=O)C(CC1=CC=C(OC)CC1C)N(C)C)C(=O)N[C@@H](C(=O)N(C)[C@H](CC1C=CC(O)=CC1)C(=O)N(C)[C@H](Cc1ccc(O)cc1)C(=O)OC)C(C)C. The predicted octanol–water partition coefficient (Wildman–Crippen LogP) is 5.09. The average Bonchev–Trinajstić information content (AvgIpc) is 3.21. The molecule has 0 spiro atoms. The van der Waals surface area contributed by atoms with Gasteiger partial charge in [0.05, 0.1) is 20.0 Å². The lowest BCUT2D eigenvalue weighted by atomic mass is 9.87. The number of aromatic hydroxyl groups is 1. The highest BCUT2D eigenvalue weighted by Crippen LogP contribution is 2.30. The molecule has 0 fully saturated rings. The Morgan fingerprint density at radius 3 is 2.03 bits per heavy atom. The van der Waals surface area contributed by atoms with Crippen molar-refractivity contribution in [1.29, 1.82) is 0 Å².